The van der Waals surface area contributed by atoms with Crippen molar-refractivity contribution in [1.82, 2.24) is 9.97 Å². The normalized spacial score (nSPS) is 14.4. The Bertz CT molecular complexity index is 397. The van der Waals surface area contributed by atoms with Crippen LogP contribution in [-0.2, 0) is 0 Å². The number of hydrogen-bond donors (Lipinski definition) is 2. The van der Waals surface area contributed by atoms with Crippen LogP contribution in [0, 0.1) is 5.92 Å². The Morgan fingerprint density at radius 2 is 2.22 bits per heavy atom. The van der Waals surface area contributed by atoms with Gasteiger partial charge in [0.05, 0.1) is 23.4 Å². The molecule has 0 aliphatic rings. The summed E-state index contributed by atoms with van der Waals surface area (Å²) in [7, 11) is 1.55. The van der Waals surface area contributed by atoms with Crippen molar-refractivity contribution in [2.75, 3.05) is 19.0 Å². The van der Waals surface area contributed by atoms with Crippen molar-refractivity contribution >= 4 is 21.9 Å². The summed E-state index contributed by atoms with van der Waals surface area (Å²) >= 11 is 3.29. The molecule has 1 rings (SSSR count). The molecule has 18 heavy (non-hydrogen) atoms. The van der Waals surface area contributed by atoms with E-state index in [-0.39, 0.29) is 0 Å². The summed E-state index contributed by atoms with van der Waals surface area (Å²) in [6.07, 6.45) is 2.33. The van der Waals surface area contributed by atoms with Gasteiger partial charge in [0.1, 0.15) is 0 Å². The summed E-state index contributed by atoms with van der Waals surface area (Å²) in [6, 6.07) is 0. The van der Waals surface area contributed by atoms with Gasteiger partial charge < -0.3 is 15.2 Å². The Labute approximate surface area is 116 Å². The maximum atomic E-state index is 10.2. The number of methoxy groups -OCH3 is 1. The minimum Gasteiger partial charge on any atom is -0.480 e. The number of aromatic nitrogens is 2. The quantitative estimate of drug-likeness (QED) is 0.843. The SMILES string of the molecule is COc1nc(NCC(C)(O)CC(C)C)ncc1Br. The third-order valence-electron chi connectivity index (χ3n) is 2.38. The minimum atomic E-state index is -0.780. The Morgan fingerprint density at radius 1 is 1.56 bits per heavy atom. The van der Waals surface area contributed by atoms with Crippen LogP contribution < -0.4 is 10.1 Å². The molecule has 6 heteroatoms. The highest BCUT2D eigenvalue weighted by molar-refractivity contribution is 9.10. The number of aliphatic hydroxyl groups is 1. The lowest BCUT2D eigenvalue weighted by Crippen LogP contribution is -2.35. The van der Waals surface area contributed by atoms with E-state index in [2.05, 4.69) is 45.1 Å². The van der Waals surface area contributed by atoms with E-state index in [9.17, 15) is 5.11 Å². The first-order valence-electron chi connectivity index (χ1n) is 5.87. The largest absolute Gasteiger partial charge is 0.480 e. The maximum Gasteiger partial charge on any atom is 0.232 e. The summed E-state index contributed by atoms with van der Waals surface area (Å²) in [5.41, 5.74) is -0.780. The molecule has 0 saturated carbocycles. The third kappa shape index (κ3) is 4.78. The molecule has 1 heterocycles. The number of ether oxygens (including phenoxy) is 1. The van der Waals surface area contributed by atoms with E-state index < -0.39 is 5.60 Å². The number of rotatable bonds is 6. The predicted octanol–water partition coefficient (Wildman–Crippen LogP) is 2.46. The summed E-state index contributed by atoms with van der Waals surface area (Å²) in [5.74, 6) is 1.34. The molecule has 1 aromatic rings. The van der Waals surface area contributed by atoms with Gasteiger partial charge in [0.15, 0.2) is 0 Å². The van der Waals surface area contributed by atoms with Crippen molar-refractivity contribution in [2.24, 2.45) is 5.92 Å². The minimum absolute atomic E-state index is 0.399. The summed E-state index contributed by atoms with van der Waals surface area (Å²) < 4.78 is 5.78. The fourth-order valence-electron chi connectivity index (χ4n) is 1.80. The molecule has 0 radical (unpaired) electrons. The van der Waals surface area contributed by atoms with Gasteiger partial charge in [-0.1, -0.05) is 13.8 Å². The van der Waals surface area contributed by atoms with Crippen LogP contribution in [0.3, 0.4) is 0 Å². The average molecular weight is 318 g/mol. The van der Waals surface area contributed by atoms with Crippen LogP contribution in [0.2, 0.25) is 0 Å². The Kier molecular flexibility index (Phi) is 5.34. The van der Waals surface area contributed by atoms with Crippen LogP contribution in [-0.4, -0.2) is 34.3 Å². The number of nitrogens with one attached hydrogen (secondary N) is 1. The second kappa shape index (κ2) is 6.33. The molecule has 2 N–H and O–H groups in total. The highest BCUT2D eigenvalue weighted by Crippen LogP contribution is 2.22. The molecule has 0 aliphatic heterocycles. The lowest BCUT2D eigenvalue weighted by Gasteiger charge is -2.25. The lowest BCUT2D eigenvalue weighted by atomic mass is 9.94. The van der Waals surface area contributed by atoms with Gasteiger partial charge >= 0.3 is 0 Å². The average Bonchev–Trinajstić information content (AvgIpc) is 2.26. The van der Waals surface area contributed by atoms with Crippen LogP contribution in [0.25, 0.3) is 0 Å². The van der Waals surface area contributed by atoms with Crippen LogP contribution in [0.4, 0.5) is 5.95 Å². The molecule has 0 aromatic carbocycles. The van der Waals surface area contributed by atoms with E-state index in [1.165, 1.54) is 0 Å². The van der Waals surface area contributed by atoms with Gasteiger partial charge in [-0.2, -0.15) is 4.98 Å². The summed E-state index contributed by atoms with van der Waals surface area (Å²) in [5, 5.41) is 13.2. The van der Waals surface area contributed by atoms with Crippen LogP contribution in [0.15, 0.2) is 10.7 Å². The first-order chi connectivity index (χ1) is 8.34. The molecule has 0 spiro atoms. The van der Waals surface area contributed by atoms with Crippen molar-refractivity contribution < 1.29 is 9.84 Å². The van der Waals surface area contributed by atoms with E-state index in [4.69, 9.17) is 4.74 Å². The number of hydrogen-bond acceptors (Lipinski definition) is 5. The molecule has 0 fully saturated rings. The second-order valence-corrected chi connectivity index (χ2v) is 5.85. The molecule has 102 valence electrons. The molecule has 0 amide bonds. The van der Waals surface area contributed by atoms with Gasteiger partial charge in [0.2, 0.25) is 11.8 Å². The van der Waals surface area contributed by atoms with Gasteiger partial charge in [-0.15, -0.1) is 0 Å². The van der Waals surface area contributed by atoms with Crippen molar-refractivity contribution in [3.8, 4) is 5.88 Å². The van der Waals surface area contributed by atoms with E-state index in [1.807, 2.05) is 0 Å². The number of nitrogens with zero attached hydrogens (tertiary/aromatic N) is 2. The molecule has 1 atom stereocenters. The zero-order chi connectivity index (χ0) is 13.8. The van der Waals surface area contributed by atoms with Gasteiger partial charge in [0.25, 0.3) is 0 Å². The monoisotopic (exact) mass is 317 g/mol. The fourth-order valence-corrected chi connectivity index (χ4v) is 2.15. The zero-order valence-electron chi connectivity index (χ0n) is 11.2. The molecule has 1 unspecified atom stereocenters. The van der Waals surface area contributed by atoms with Crippen molar-refractivity contribution in [1.29, 1.82) is 0 Å². The molecular weight excluding hydrogens is 298 g/mol. The zero-order valence-corrected chi connectivity index (χ0v) is 12.8. The fraction of sp³-hybridized carbons (Fsp3) is 0.667. The first-order valence-corrected chi connectivity index (χ1v) is 6.66. The molecule has 0 bridgehead atoms. The van der Waals surface area contributed by atoms with Crippen LogP contribution in [0.5, 0.6) is 5.88 Å². The molecule has 5 nitrogen and oxygen atoms in total. The smallest absolute Gasteiger partial charge is 0.232 e. The second-order valence-electron chi connectivity index (χ2n) is 5.00. The topological polar surface area (TPSA) is 67.3 Å². The lowest BCUT2D eigenvalue weighted by molar-refractivity contribution is 0.0513. The van der Waals surface area contributed by atoms with E-state index in [0.29, 0.717) is 35.2 Å². The van der Waals surface area contributed by atoms with E-state index in [0.717, 1.165) is 0 Å². The van der Waals surface area contributed by atoms with E-state index in [1.54, 1.807) is 20.2 Å². The highest BCUT2D eigenvalue weighted by Gasteiger charge is 2.22. The molecule has 0 saturated heterocycles. The van der Waals surface area contributed by atoms with Gasteiger partial charge in [0, 0.05) is 6.54 Å². The van der Waals surface area contributed by atoms with Crippen molar-refractivity contribution in [3.05, 3.63) is 10.7 Å². The number of anilines is 1. The summed E-state index contributed by atoms with van der Waals surface area (Å²) in [6.45, 7) is 6.35. The Morgan fingerprint density at radius 3 is 2.78 bits per heavy atom. The van der Waals surface area contributed by atoms with Crippen LogP contribution >= 0.6 is 15.9 Å². The first kappa shape index (κ1) is 15.2. The van der Waals surface area contributed by atoms with Crippen molar-refractivity contribution in [2.45, 2.75) is 32.8 Å². The Balaban J connectivity index is 2.63. The van der Waals surface area contributed by atoms with Crippen LogP contribution in [0.1, 0.15) is 27.2 Å². The third-order valence-corrected chi connectivity index (χ3v) is 2.92. The predicted molar refractivity (Wildman–Crippen MR) is 74.9 cm³/mol. The highest BCUT2D eigenvalue weighted by atomic mass is 79.9. The van der Waals surface area contributed by atoms with Gasteiger partial charge in [-0.05, 0) is 35.2 Å². The Hall–Kier alpha value is -0.880. The molecular formula is C12H20BrN3O2. The molecule has 1 aromatic heterocycles. The van der Waals surface area contributed by atoms with Crippen molar-refractivity contribution in [3.63, 3.8) is 0 Å². The van der Waals surface area contributed by atoms with Gasteiger partial charge in [-0.3, -0.25) is 0 Å². The van der Waals surface area contributed by atoms with E-state index >= 15 is 0 Å². The standard InChI is InChI=1S/C12H20BrN3O2/c1-8(2)5-12(3,17)7-15-11-14-6-9(13)10(16-11)18-4/h6,8,17H,5,7H2,1-4H3,(H,14,15,16). The molecule has 0 aliphatic carbocycles. The summed E-state index contributed by atoms with van der Waals surface area (Å²) in [4.78, 5) is 8.28. The number of halogens is 1. The maximum absolute atomic E-state index is 10.2. The van der Waals surface area contributed by atoms with Gasteiger partial charge in [-0.25, -0.2) is 4.98 Å².